The Hall–Kier alpha value is -1.61. The van der Waals surface area contributed by atoms with Crippen LogP contribution in [0.5, 0.6) is 0 Å². The number of aliphatic hydroxyl groups is 2. The van der Waals surface area contributed by atoms with E-state index in [1.165, 1.54) is 0 Å². The number of rotatable bonds is 8. The number of nitrogens with two attached hydrogens (primary N) is 1. The zero-order valence-electron chi connectivity index (χ0n) is 16.9. The Morgan fingerprint density at radius 3 is 2.50 bits per heavy atom. The molecule has 0 saturated carbocycles. The zero-order valence-corrected chi connectivity index (χ0v) is 17.6. The molecule has 2 rings (SSSR count). The second kappa shape index (κ2) is 12.8. The molecule has 158 valence electrons. The van der Waals surface area contributed by atoms with Crippen LogP contribution in [0.1, 0.15) is 25.3 Å². The lowest BCUT2D eigenvalue weighted by molar-refractivity contribution is -0.0722. The number of hydrogen-bond donors (Lipinski definition) is 4. The third-order valence-electron chi connectivity index (χ3n) is 3.97. The van der Waals surface area contributed by atoms with Crippen molar-refractivity contribution < 1.29 is 24.4 Å². The van der Waals surface area contributed by atoms with Gasteiger partial charge in [-0.1, -0.05) is 29.8 Å². The summed E-state index contributed by atoms with van der Waals surface area (Å²) in [5.41, 5.74) is 7.85. The van der Waals surface area contributed by atoms with Crippen molar-refractivity contribution >= 4 is 11.6 Å². The predicted octanol–water partition coefficient (Wildman–Crippen LogP) is 2.66. The van der Waals surface area contributed by atoms with Gasteiger partial charge in [-0.25, -0.2) is 0 Å². The van der Waals surface area contributed by atoms with Crippen LogP contribution >= 0.6 is 11.6 Å². The van der Waals surface area contributed by atoms with Crippen LogP contribution in [0.2, 0.25) is 5.02 Å². The van der Waals surface area contributed by atoms with Crippen LogP contribution in [-0.2, 0) is 14.2 Å². The summed E-state index contributed by atoms with van der Waals surface area (Å²) in [4.78, 5) is 0. The first-order valence-corrected chi connectivity index (χ1v) is 9.42. The number of methoxy groups -OCH3 is 1. The molecule has 1 heterocycles. The summed E-state index contributed by atoms with van der Waals surface area (Å²) in [6.45, 7) is 4.85. The van der Waals surface area contributed by atoms with Crippen molar-refractivity contribution in [2.24, 2.45) is 5.73 Å². The Labute approximate surface area is 171 Å². The average Bonchev–Trinajstić information content (AvgIpc) is 2.66. The van der Waals surface area contributed by atoms with Crippen molar-refractivity contribution in [1.82, 2.24) is 5.32 Å². The number of hydrogen-bond acceptors (Lipinski definition) is 7. The zero-order chi connectivity index (χ0) is 21.1. The van der Waals surface area contributed by atoms with Gasteiger partial charge in [0.25, 0.3) is 0 Å². The summed E-state index contributed by atoms with van der Waals surface area (Å²) >= 11 is 6.35. The maximum absolute atomic E-state index is 10.7. The molecular formula is C20H31ClN2O5. The third-order valence-corrected chi connectivity index (χ3v) is 4.32. The smallest absolute Gasteiger partial charge is 0.180 e. The van der Waals surface area contributed by atoms with Crippen LogP contribution in [0.3, 0.4) is 0 Å². The molecule has 0 aliphatic carbocycles. The number of ether oxygens (including phenoxy) is 3. The molecule has 0 amide bonds. The Morgan fingerprint density at radius 2 is 1.93 bits per heavy atom. The van der Waals surface area contributed by atoms with Crippen molar-refractivity contribution in [2.75, 3.05) is 40.6 Å². The maximum atomic E-state index is 10.7. The van der Waals surface area contributed by atoms with Gasteiger partial charge < -0.3 is 35.5 Å². The van der Waals surface area contributed by atoms with Crippen LogP contribution in [0.15, 0.2) is 47.0 Å². The molecule has 7 nitrogen and oxygen atoms in total. The highest BCUT2D eigenvalue weighted by atomic mass is 35.5. The summed E-state index contributed by atoms with van der Waals surface area (Å²) in [6, 6.07) is 7.21. The minimum absolute atomic E-state index is 0.0874. The molecule has 0 spiro atoms. The molecule has 1 aromatic carbocycles. The standard InChI is InChI=1S/C18H25ClN2O4.C2H6O/c1-3-25-18(23)16-14(10-24-9-8-20)21-11(2)17(22)15(16)12-6-4-5-7-13(12)19;1-3-2/h4-7,15,18,21-23H,3,8-10,20H2,1-2H3;1-2H3. The van der Waals surface area contributed by atoms with E-state index in [1.807, 2.05) is 18.2 Å². The van der Waals surface area contributed by atoms with Gasteiger partial charge in [-0.15, -0.1) is 0 Å². The minimum atomic E-state index is -1.20. The molecule has 0 radical (unpaired) electrons. The summed E-state index contributed by atoms with van der Waals surface area (Å²) in [5, 5.41) is 24.8. The van der Waals surface area contributed by atoms with E-state index in [9.17, 15) is 10.2 Å². The number of aliphatic hydroxyl groups excluding tert-OH is 2. The van der Waals surface area contributed by atoms with Gasteiger partial charge in [-0.3, -0.25) is 0 Å². The molecule has 0 fully saturated rings. The minimum Gasteiger partial charge on any atom is -0.510 e. The molecule has 8 heteroatoms. The van der Waals surface area contributed by atoms with Crippen LogP contribution in [0, 0.1) is 0 Å². The predicted molar refractivity (Wildman–Crippen MR) is 110 cm³/mol. The van der Waals surface area contributed by atoms with Gasteiger partial charge in [0.05, 0.1) is 24.8 Å². The van der Waals surface area contributed by atoms with Gasteiger partial charge in [0, 0.05) is 43.7 Å². The normalized spacial score (nSPS) is 17.8. The number of benzene rings is 1. The number of dihydropyridines is 1. The van der Waals surface area contributed by atoms with E-state index < -0.39 is 12.2 Å². The van der Waals surface area contributed by atoms with Crippen LogP contribution in [-0.4, -0.2) is 57.1 Å². The molecule has 0 bridgehead atoms. The lowest BCUT2D eigenvalue weighted by Gasteiger charge is -2.33. The van der Waals surface area contributed by atoms with E-state index >= 15 is 0 Å². The number of nitrogens with one attached hydrogen (secondary N) is 1. The van der Waals surface area contributed by atoms with Gasteiger partial charge in [-0.2, -0.15) is 0 Å². The number of allylic oxidation sites excluding steroid dienone is 2. The van der Waals surface area contributed by atoms with Gasteiger partial charge in [-0.05, 0) is 25.5 Å². The summed E-state index contributed by atoms with van der Waals surface area (Å²) in [5.74, 6) is -0.530. The second-order valence-electron chi connectivity index (χ2n) is 6.08. The van der Waals surface area contributed by atoms with Gasteiger partial charge in [0.1, 0.15) is 5.76 Å². The lowest BCUT2D eigenvalue weighted by atomic mass is 9.84. The molecule has 28 heavy (non-hydrogen) atoms. The summed E-state index contributed by atoms with van der Waals surface area (Å²) in [7, 11) is 3.25. The Bertz CT molecular complexity index is 678. The van der Waals surface area contributed by atoms with E-state index in [0.29, 0.717) is 47.3 Å². The van der Waals surface area contributed by atoms with Crippen molar-refractivity contribution in [3.63, 3.8) is 0 Å². The Morgan fingerprint density at radius 1 is 1.29 bits per heavy atom. The monoisotopic (exact) mass is 414 g/mol. The van der Waals surface area contributed by atoms with E-state index in [-0.39, 0.29) is 12.4 Å². The van der Waals surface area contributed by atoms with Crippen LogP contribution in [0.4, 0.5) is 0 Å². The molecule has 1 aromatic rings. The van der Waals surface area contributed by atoms with E-state index in [0.717, 1.165) is 0 Å². The molecule has 5 N–H and O–H groups in total. The first-order valence-electron chi connectivity index (χ1n) is 9.04. The lowest BCUT2D eigenvalue weighted by Crippen LogP contribution is -2.34. The molecule has 1 aliphatic rings. The Kier molecular flexibility index (Phi) is 11.1. The number of halogens is 1. The average molecular weight is 415 g/mol. The van der Waals surface area contributed by atoms with E-state index in [2.05, 4.69) is 10.1 Å². The molecule has 2 unspecified atom stereocenters. The molecule has 0 aromatic heterocycles. The largest absolute Gasteiger partial charge is 0.510 e. The maximum Gasteiger partial charge on any atom is 0.180 e. The first kappa shape index (κ1) is 24.4. The fourth-order valence-electron chi connectivity index (χ4n) is 2.84. The van der Waals surface area contributed by atoms with Crippen LogP contribution < -0.4 is 11.1 Å². The highest BCUT2D eigenvalue weighted by molar-refractivity contribution is 6.31. The topological polar surface area (TPSA) is 106 Å². The van der Waals surface area contributed by atoms with E-state index in [1.54, 1.807) is 34.1 Å². The van der Waals surface area contributed by atoms with Gasteiger partial charge >= 0.3 is 0 Å². The van der Waals surface area contributed by atoms with Gasteiger partial charge in [0.2, 0.25) is 0 Å². The highest BCUT2D eigenvalue weighted by Gasteiger charge is 2.35. The summed E-state index contributed by atoms with van der Waals surface area (Å²) in [6.07, 6.45) is -1.20. The van der Waals surface area contributed by atoms with E-state index in [4.69, 9.17) is 26.8 Å². The Balaban J connectivity index is 0.00000122. The highest BCUT2D eigenvalue weighted by Crippen LogP contribution is 2.41. The van der Waals surface area contributed by atoms with Crippen molar-refractivity contribution in [3.05, 3.63) is 57.6 Å². The summed E-state index contributed by atoms with van der Waals surface area (Å²) < 4.78 is 15.2. The second-order valence-corrected chi connectivity index (χ2v) is 6.49. The molecule has 2 atom stereocenters. The molecular weight excluding hydrogens is 384 g/mol. The molecule has 0 saturated heterocycles. The van der Waals surface area contributed by atoms with Crippen molar-refractivity contribution in [3.8, 4) is 0 Å². The third kappa shape index (κ3) is 6.48. The quantitative estimate of drug-likeness (QED) is 0.382. The van der Waals surface area contributed by atoms with Crippen molar-refractivity contribution in [1.29, 1.82) is 0 Å². The SMILES string of the molecule is CCOC(O)C1=C(COCCN)NC(C)=C(O)C1c1ccccc1Cl.COC. The fourth-order valence-corrected chi connectivity index (χ4v) is 3.09. The van der Waals surface area contributed by atoms with Gasteiger partial charge in [0.15, 0.2) is 6.29 Å². The molecule has 1 aliphatic heterocycles. The fraction of sp³-hybridized carbons (Fsp3) is 0.500. The van der Waals surface area contributed by atoms with Crippen molar-refractivity contribution in [2.45, 2.75) is 26.1 Å². The first-order chi connectivity index (χ1) is 13.4. The van der Waals surface area contributed by atoms with Crippen LogP contribution in [0.25, 0.3) is 0 Å².